The lowest BCUT2D eigenvalue weighted by Gasteiger charge is -2.21. The first-order valence-electron chi connectivity index (χ1n) is 8.49. The molecule has 3 rings (SSSR count). The van der Waals surface area contributed by atoms with Gasteiger partial charge in [-0.3, -0.25) is 4.79 Å². The van der Waals surface area contributed by atoms with Gasteiger partial charge in [-0.05, 0) is 49.2 Å². The number of carbonyl (C=O) groups is 2. The molecule has 0 aliphatic carbocycles. The van der Waals surface area contributed by atoms with Gasteiger partial charge in [-0.1, -0.05) is 6.07 Å². The summed E-state index contributed by atoms with van der Waals surface area (Å²) < 4.78 is 21.3. The Morgan fingerprint density at radius 1 is 1.04 bits per heavy atom. The van der Waals surface area contributed by atoms with Gasteiger partial charge in [0.05, 0.1) is 12.7 Å². The lowest BCUT2D eigenvalue weighted by Crippen LogP contribution is -2.21. The molecule has 0 spiro atoms. The van der Waals surface area contributed by atoms with Crippen LogP contribution in [0, 0.1) is 13.8 Å². The SMILES string of the molecule is COc1cc(C(=O)OCC(=O)Nc2cc(C)cc(C)c2)cc2c1OCCO2. The van der Waals surface area contributed by atoms with Crippen LogP contribution in [0.2, 0.25) is 0 Å². The van der Waals surface area contributed by atoms with Gasteiger partial charge in [-0.25, -0.2) is 4.79 Å². The molecule has 7 nitrogen and oxygen atoms in total. The van der Waals surface area contributed by atoms with E-state index in [9.17, 15) is 9.59 Å². The molecular formula is C20H21NO6. The van der Waals surface area contributed by atoms with Crippen LogP contribution in [-0.4, -0.2) is 38.8 Å². The third kappa shape index (κ3) is 4.49. The van der Waals surface area contributed by atoms with E-state index < -0.39 is 18.5 Å². The molecule has 0 unspecified atom stereocenters. The molecule has 0 radical (unpaired) electrons. The highest BCUT2D eigenvalue weighted by molar-refractivity contribution is 5.96. The second-order valence-corrected chi connectivity index (χ2v) is 6.20. The van der Waals surface area contributed by atoms with Crippen molar-refractivity contribution in [2.45, 2.75) is 13.8 Å². The van der Waals surface area contributed by atoms with Crippen molar-refractivity contribution in [1.82, 2.24) is 0 Å². The van der Waals surface area contributed by atoms with Crippen molar-refractivity contribution in [1.29, 1.82) is 0 Å². The van der Waals surface area contributed by atoms with Gasteiger partial charge in [-0.2, -0.15) is 0 Å². The van der Waals surface area contributed by atoms with Gasteiger partial charge in [0.25, 0.3) is 5.91 Å². The molecule has 7 heteroatoms. The number of ether oxygens (including phenoxy) is 4. The molecular weight excluding hydrogens is 350 g/mol. The zero-order valence-corrected chi connectivity index (χ0v) is 15.5. The maximum atomic E-state index is 12.3. The summed E-state index contributed by atoms with van der Waals surface area (Å²) in [7, 11) is 1.47. The number of fused-ring (bicyclic) bond motifs is 1. The first-order chi connectivity index (χ1) is 13.0. The summed E-state index contributed by atoms with van der Waals surface area (Å²) in [6, 6.07) is 8.71. The molecule has 0 bridgehead atoms. The molecule has 27 heavy (non-hydrogen) atoms. The van der Waals surface area contributed by atoms with E-state index in [-0.39, 0.29) is 5.56 Å². The molecule has 1 aliphatic rings. The topological polar surface area (TPSA) is 83.1 Å². The van der Waals surface area contributed by atoms with E-state index in [1.165, 1.54) is 19.2 Å². The molecule has 0 fully saturated rings. The molecule has 1 amide bonds. The smallest absolute Gasteiger partial charge is 0.338 e. The minimum atomic E-state index is -0.652. The predicted molar refractivity (Wildman–Crippen MR) is 98.8 cm³/mol. The number of rotatable bonds is 5. The monoisotopic (exact) mass is 371 g/mol. The number of amides is 1. The fourth-order valence-electron chi connectivity index (χ4n) is 2.85. The first kappa shape index (κ1) is 18.6. The Hall–Kier alpha value is -3.22. The second kappa shape index (κ2) is 7.99. The van der Waals surface area contributed by atoms with E-state index in [2.05, 4.69) is 5.32 Å². The number of carbonyl (C=O) groups excluding carboxylic acids is 2. The van der Waals surface area contributed by atoms with Gasteiger partial charge in [0.1, 0.15) is 13.2 Å². The Morgan fingerprint density at radius 3 is 2.44 bits per heavy atom. The number of nitrogens with one attached hydrogen (secondary N) is 1. The van der Waals surface area contributed by atoms with Crippen molar-refractivity contribution in [3.05, 3.63) is 47.0 Å². The largest absolute Gasteiger partial charge is 0.493 e. The molecule has 1 heterocycles. The molecule has 0 saturated carbocycles. The number of esters is 1. The third-order valence-electron chi connectivity index (χ3n) is 3.90. The van der Waals surface area contributed by atoms with Crippen LogP contribution in [-0.2, 0) is 9.53 Å². The molecule has 1 N–H and O–H groups in total. The van der Waals surface area contributed by atoms with E-state index in [0.29, 0.717) is 36.1 Å². The summed E-state index contributed by atoms with van der Waals surface area (Å²) in [6.45, 7) is 4.27. The van der Waals surface area contributed by atoms with Crippen LogP contribution in [0.25, 0.3) is 0 Å². The Kier molecular flexibility index (Phi) is 5.49. The summed E-state index contributed by atoms with van der Waals surface area (Å²) in [5, 5.41) is 2.72. The second-order valence-electron chi connectivity index (χ2n) is 6.20. The van der Waals surface area contributed by atoms with Crippen LogP contribution in [0.1, 0.15) is 21.5 Å². The summed E-state index contributed by atoms with van der Waals surface area (Å²) in [4.78, 5) is 24.4. The van der Waals surface area contributed by atoms with Crippen LogP contribution in [0.5, 0.6) is 17.2 Å². The van der Waals surface area contributed by atoms with Crippen molar-refractivity contribution in [2.75, 3.05) is 32.2 Å². The van der Waals surface area contributed by atoms with E-state index in [0.717, 1.165) is 11.1 Å². The van der Waals surface area contributed by atoms with Crippen LogP contribution in [0.3, 0.4) is 0 Å². The highest BCUT2D eigenvalue weighted by Gasteiger charge is 2.22. The molecule has 0 aromatic heterocycles. The Morgan fingerprint density at radius 2 is 1.74 bits per heavy atom. The fraction of sp³-hybridized carbons (Fsp3) is 0.300. The summed E-state index contributed by atoms with van der Waals surface area (Å²) in [6.07, 6.45) is 0. The number of anilines is 1. The van der Waals surface area contributed by atoms with Crippen LogP contribution >= 0.6 is 0 Å². The number of benzene rings is 2. The lowest BCUT2D eigenvalue weighted by molar-refractivity contribution is -0.119. The fourth-order valence-corrected chi connectivity index (χ4v) is 2.85. The zero-order valence-electron chi connectivity index (χ0n) is 15.5. The average molecular weight is 371 g/mol. The normalized spacial score (nSPS) is 12.3. The van der Waals surface area contributed by atoms with E-state index >= 15 is 0 Å². The molecule has 2 aromatic rings. The quantitative estimate of drug-likeness (QED) is 0.814. The van der Waals surface area contributed by atoms with Gasteiger partial charge in [-0.15, -0.1) is 0 Å². The van der Waals surface area contributed by atoms with Crippen LogP contribution < -0.4 is 19.5 Å². The van der Waals surface area contributed by atoms with Crippen molar-refractivity contribution < 1.29 is 28.5 Å². The highest BCUT2D eigenvalue weighted by atomic mass is 16.6. The zero-order chi connectivity index (χ0) is 19.4. The van der Waals surface area contributed by atoms with Crippen LogP contribution in [0.15, 0.2) is 30.3 Å². The highest BCUT2D eigenvalue weighted by Crippen LogP contribution is 2.40. The van der Waals surface area contributed by atoms with Gasteiger partial charge in [0, 0.05) is 5.69 Å². The van der Waals surface area contributed by atoms with Crippen molar-refractivity contribution in [3.8, 4) is 17.2 Å². The molecule has 0 saturated heterocycles. The standard InChI is InChI=1S/C20H21NO6/c1-12-6-13(2)8-15(7-12)21-18(22)11-27-20(23)14-9-16(24-3)19-17(10-14)25-4-5-26-19/h6-10H,4-5,11H2,1-3H3,(H,21,22). The van der Waals surface area contributed by atoms with Crippen molar-refractivity contribution in [2.24, 2.45) is 0 Å². The Labute approximate surface area is 157 Å². The lowest BCUT2D eigenvalue weighted by atomic mass is 10.1. The minimum absolute atomic E-state index is 0.218. The van der Waals surface area contributed by atoms with Gasteiger partial charge >= 0.3 is 5.97 Å². The number of hydrogen-bond donors (Lipinski definition) is 1. The minimum Gasteiger partial charge on any atom is -0.493 e. The molecule has 142 valence electrons. The average Bonchev–Trinajstić information content (AvgIpc) is 2.64. The maximum absolute atomic E-state index is 12.3. The predicted octanol–water partition coefficient (Wildman–Crippen LogP) is 2.88. The number of hydrogen-bond acceptors (Lipinski definition) is 6. The van der Waals surface area contributed by atoms with Crippen molar-refractivity contribution >= 4 is 17.6 Å². The molecule has 1 aliphatic heterocycles. The van der Waals surface area contributed by atoms with Gasteiger partial charge < -0.3 is 24.3 Å². The van der Waals surface area contributed by atoms with Crippen LogP contribution in [0.4, 0.5) is 5.69 Å². The summed E-state index contributed by atoms with van der Waals surface area (Å²) in [5.74, 6) is 0.164. The first-order valence-corrected chi connectivity index (χ1v) is 8.49. The van der Waals surface area contributed by atoms with Crippen molar-refractivity contribution in [3.63, 3.8) is 0 Å². The summed E-state index contributed by atoms with van der Waals surface area (Å²) >= 11 is 0. The molecule has 2 aromatic carbocycles. The van der Waals surface area contributed by atoms with E-state index in [4.69, 9.17) is 18.9 Å². The number of methoxy groups -OCH3 is 1. The van der Waals surface area contributed by atoms with E-state index in [1.807, 2.05) is 32.0 Å². The summed E-state index contributed by atoms with van der Waals surface area (Å²) in [5.41, 5.74) is 2.95. The van der Waals surface area contributed by atoms with E-state index in [1.54, 1.807) is 0 Å². The third-order valence-corrected chi connectivity index (χ3v) is 3.90. The Balaban J connectivity index is 1.64. The van der Waals surface area contributed by atoms with Gasteiger partial charge in [0.2, 0.25) is 5.75 Å². The Bertz CT molecular complexity index is 840. The maximum Gasteiger partial charge on any atom is 0.338 e. The molecule has 0 atom stereocenters. The van der Waals surface area contributed by atoms with Gasteiger partial charge in [0.15, 0.2) is 18.1 Å². The number of aryl methyl sites for hydroxylation is 2.